The third-order valence-electron chi connectivity index (χ3n) is 4.03. The second kappa shape index (κ2) is 15.0. The van der Waals surface area contributed by atoms with Gasteiger partial charge < -0.3 is 0 Å². The van der Waals surface area contributed by atoms with Gasteiger partial charge in [0, 0.05) is 0 Å². The summed E-state index contributed by atoms with van der Waals surface area (Å²) in [7, 11) is 4.64. The number of benzene rings is 1. The van der Waals surface area contributed by atoms with Crippen LogP contribution in [-0.2, 0) is 19.4 Å². The van der Waals surface area contributed by atoms with Crippen LogP contribution >= 0.6 is 9.30 Å². The second-order valence-corrected chi connectivity index (χ2v) is 6.02. The van der Waals surface area contributed by atoms with E-state index in [1.54, 1.807) is 0 Å². The summed E-state index contributed by atoms with van der Waals surface area (Å²) >= 11 is 1.47. The molecule has 0 amide bonds. The molecule has 0 saturated heterocycles. The fourth-order valence-corrected chi connectivity index (χ4v) is 2.80. The molecule has 2 heteroatoms. The third-order valence-corrected chi connectivity index (χ3v) is 4.03. The average molecular weight is 375 g/mol. The Morgan fingerprint density at radius 1 is 0.958 bits per heavy atom. The molecule has 5 radical (unpaired) electrons. The first-order chi connectivity index (χ1) is 11.8. The second-order valence-electron chi connectivity index (χ2n) is 6.02. The van der Waals surface area contributed by atoms with Crippen molar-refractivity contribution in [3.8, 4) is 0 Å². The van der Waals surface area contributed by atoms with E-state index in [2.05, 4.69) is 65.5 Å². The number of allylic oxidation sites excluding steroid dienone is 2. The molecule has 0 nitrogen and oxygen atoms in total. The van der Waals surface area contributed by atoms with Crippen molar-refractivity contribution in [3.63, 3.8) is 0 Å². The molecular formula is C22H27ClTi+. The Labute approximate surface area is 165 Å². The van der Waals surface area contributed by atoms with Crippen molar-refractivity contribution >= 4 is 9.30 Å². The molecule has 1 aromatic rings. The zero-order valence-corrected chi connectivity index (χ0v) is 16.8. The summed E-state index contributed by atoms with van der Waals surface area (Å²) in [5.74, 6) is 0.822. The predicted molar refractivity (Wildman–Crippen MR) is 102 cm³/mol. The van der Waals surface area contributed by atoms with E-state index in [0.717, 1.165) is 5.92 Å². The van der Waals surface area contributed by atoms with Gasteiger partial charge in [-0.3, -0.25) is 18.1 Å². The molecule has 3 rings (SSSR count). The Balaban J connectivity index is 0.000000346. The summed E-state index contributed by atoms with van der Waals surface area (Å²) in [6.07, 6.45) is 24.0. The van der Waals surface area contributed by atoms with E-state index in [1.807, 2.05) is 32.1 Å². The van der Waals surface area contributed by atoms with Crippen LogP contribution in [0.5, 0.6) is 0 Å². The Morgan fingerprint density at radius 2 is 1.50 bits per heavy atom. The number of hydrogen-bond donors (Lipinski definition) is 0. The fourth-order valence-electron chi connectivity index (χ4n) is 2.80. The minimum atomic E-state index is 0.822. The SMILES string of the molecule is C/C(=C/[CH-]C1CCCCC1)[CH-]c1ccccc1.[CH]1[CH][CH][CH][CH]1.[Cl][Ti+3]. The van der Waals surface area contributed by atoms with Gasteiger partial charge in [-0.05, 0) is 32.1 Å². The van der Waals surface area contributed by atoms with Gasteiger partial charge in [0.25, 0.3) is 0 Å². The van der Waals surface area contributed by atoms with Gasteiger partial charge in [0.15, 0.2) is 0 Å². The first kappa shape index (κ1) is 21.7. The van der Waals surface area contributed by atoms with Gasteiger partial charge in [0.2, 0.25) is 0 Å². The van der Waals surface area contributed by atoms with Crippen molar-refractivity contribution in [1.82, 2.24) is 0 Å². The van der Waals surface area contributed by atoms with Gasteiger partial charge in [0.05, 0.1) is 0 Å². The maximum atomic E-state index is 4.64. The van der Waals surface area contributed by atoms with Gasteiger partial charge in [-0.1, -0.05) is 44.1 Å². The summed E-state index contributed by atoms with van der Waals surface area (Å²) in [5, 5.41) is 0. The van der Waals surface area contributed by atoms with Gasteiger partial charge in [-0.25, -0.2) is 6.42 Å². The molecule has 0 spiro atoms. The first-order valence-corrected chi connectivity index (χ1v) is 10.8. The monoisotopic (exact) mass is 374 g/mol. The van der Waals surface area contributed by atoms with Crippen molar-refractivity contribution in [2.24, 2.45) is 5.92 Å². The van der Waals surface area contributed by atoms with E-state index >= 15 is 0 Å². The molecule has 2 aliphatic carbocycles. The molecule has 2 aliphatic rings. The van der Waals surface area contributed by atoms with Crippen LogP contribution in [0.15, 0.2) is 42.0 Å². The summed E-state index contributed by atoms with van der Waals surface area (Å²) < 4.78 is 0. The van der Waals surface area contributed by atoms with E-state index < -0.39 is 0 Å². The Kier molecular flexibility index (Phi) is 13.6. The van der Waals surface area contributed by atoms with E-state index in [9.17, 15) is 0 Å². The van der Waals surface area contributed by atoms with Crippen LogP contribution in [0.25, 0.3) is 0 Å². The quantitative estimate of drug-likeness (QED) is 0.407. The van der Waals surface area contributed by atoms with Crippen molar-refractivity contribution in [2.75, 3.05) is 0 Å². The molecule has 1 aromatic carbocycles. The van der Waals surface area contributed by atoms with Crippen molar-refractivity contribution in [2.45, 2.75) is 39.0 Å². The van der Waals surface area contributed by atoms with Crippen molar-refractivity contribution < 1.29 is 19.4 Å². The summed E-state index contributed by atoms with van der Waals surface area (Å²) in [5.41, 5.74) is 2.64. The van der Waals surface area contributed by atoms with Crippen LogP contribution in [0.4, 0.5) is 0 Å². The third kappa shape index (κ3) is 10.5. The van der Waals surface area contributed by atoms with Crippen LogP contribution in [-0.4, -0.2) is 0 Å². The zero-order chi connectivity index (χ0) is 17.5. The van der Waals surface area contributed by atoms with E-state index in [4.69, 9.17) is 0 Å². The molecule has 0 aromatic heterocycles. The van der Waals surface area contributed by atoms with Gasteiger partial charge in [-0.15, -0.1) is 31.2 Å². The van der Waals surface area contributed by atoms with Gasteiger partial charge in [0.1, 0.15) is 0 Å². The van der Waals surface area contributed by atoms with E-state index in [-0.39, 0.29) is 0 Å². The maximum absolute atomic E-state index is 4.64. The zero-order valence-electron chi connectivity index (χ0n) is 14.5. The Bertz CT molecular complexity index is 409. The molecule has 0 atom stereocenters. The van der Waals surface area contributed by atoms with Crippen LogP contribution in [0.1, 0.15) is 44.6 Å². The fraction of sp³-hybridized carbons (Fsp3) is 0.318. The minimum absolute atomic E-state index is 0.822. The normalized spacial score (nSPS) is 17.9. The van der Waals surface area contributed by atoms with Gasteiger partial charge >= 0.3 is 28.7 Å². The molecule has 0 aliphatic heterocycles. The molecule has 0 heterocycles. The standard InChI is InChI=1S/C17H22.C5H5.ClH.Ti/c1-15(14-17-10-6-3-7-11-17)12-13-16-8-4-2-5-9-16;1-2-4-5-3-1;;/h3,6-7,10-14,16H,2,4-5,8-9H2,1H3;1-5H;1H;/q-2;;;+4/p-1/b15-12-;;;. The van der Waals surface area contributed by atoms with Crippen LogP contribution in [0.3, 0.4) is 0 Å². The Morgan fingerprint density at radius 3 is 2.04 bits per heavy atom. The number of rotatable bonds is 4. The molecule has 125 valence electrons. The van der Waals surface area contributed by atoms with Gasteiger partial charge in [-0.2, -0.15) is 5.56 Å². The Hall–Kier alpha value is -0.296. The van der Waals surface area contributed by atoms with Crippen LogP contribution in [0, 0.1) is 50.9 Å². The molecular weight excluding hydrogens is 348 g/mol. The molecule has 0 unspecified atom stereocenters. The predicted octanol–water partition coefficient (Wildman–Crippen LogP) is 6.68. The molecule has 2 saturated carbocycles. The topological polar surface area (TPSA) is 0 Å². The van der Waals surface area contributed by atoms with E-state index in [1.165, 1.54) is 62.6 Å². The molecule has 24 heavy (non-hydrogen) atoms. The summed E-state index contributed by atoms with van der Waals surface area (Å²) in [6.45, 7) is 2.19. The number of hydrogen-bond acceptors (Lipinski definition) is 0. The van der Waals surface area contributed by atoms with E-state index in [0.29, 0.717) is 0 Å². The van der Waals surface area contributed by atoms with Crippen LogP contribution < -0.4 is 0 Å². The van der Waals surface area contributed by atoms with Crippen molar-refractivity contribution in [1.29, 1.82) is 0 Å². The molecule has 0 bridgehead atoms. The average Bonchev–Trinajstić information content (AvgIpc) is 3.23. The molecule has 2 fully saturated rings. The summed E-state index contributed by atoms with van der Waals surface area (Å²) in [6, 6.07) is 10.5. The molecule has 0 N–H and O–H groups in total. The van der Waals surface area contributed by atoms with Crippen molar-refractivity contribution in [3.05, 3.63) is 92.5 Å². The first-order valence-electron chi connectivity index (χ1n) is 8.62. The van der Waals surface area contributed by atoms with Crippen LogP contribution in [0.2, 0.25) is 0 Å². The summed E-state index contributed by atoms with van der Waals surface area (Å²) in [4.78, 5) is 0. The number of halogens is 1.